The van der Waals surface area contributed by atoms with Gasteiger partial charge in [-0.25, -0.2) is 13.6 Å². The zero-order valence-electron chi connectivity index (χ0n) is 11.3. The Labute approximate surface area is 129 Å². The van der Waals surface area contributed by atoms with Crippen LogP contribution in [0, 0.1) is 11.6 Å². The Kier molecular flexibility index (Phi) is 4.72. The van der Waals surface area contributed by atoms with Crippen molar-refractivity contribution in [2.75, 3.05) is 12.4 Å². The van der Waals surface area contributed by atoms with E-state index in [1.165, 1.54) is 31.4 Å². The summed E-state index contributed by atoms with van der Waals surface area (Å²) in [6, 6.07) is 7.38. The van der Waals surface area contributed by atoms with Crippen molar-refractivity contribution in [3.05, 3.63) is 64.2 Å². The number of hydrogen-bond acceptors (Lipinski definition) is 3. The second-order valence-corrected chi connectivity index (χ2v) is 4.68. The van der Waals surface area contributed by atoms with E-state index in [0.29, 0.717) is 6.07 Å². The van der Waals surface area contributed by atoms with Crippen molar-refractivity contribution in [3.63, 3.8) is 0 Å². The van der Waals surface area contributed by atoms with Crippen LogP contribution in [-0.4, -0.2) is 19.0 Å². The van der Waals surface area contributed by atoms with Gasteiger partial charge in [-0.2, -0.15) is 0 Å². The molecule has 0 radical (unpaired) electrons. The smallest absolute Gasteiger partial charge is 0.337 e. The molecule has 0 spiro atoms. The lowest BCUT2D eigenvalue weighted by Crippen LogP contribution is -2.14. The van der Waals surface area contributed by atoms with Crippen LogP contribution in [0.5, 0.6) is 0 Å². The third-order valence-corrected chi connectivity index (χ3v) is 3.11. The highest BCUT2D eigenvalue weighted by molar-refractivity contribution is 6.34. The Morgan fingerprint density at radius 2 is 1.82 bits per heavy atom. The molecule has 0 fully saturated rings. The van der Waals surface area contributed by atoms with Gasteiger partial charge in [-0.3, -0.25) is 4.79 Å². The zero-order chi connectivity index (χ0) is 16.3. The number of carbonyl (C=O) groups is 2. The number of benzene rings is 2. The van der Waals surface area contributed by atoms with Crippen LogP contribution in [0.3, 0.4) is 0 Å². The normalized spacial score (nSPS) is 10.2. The van der Waals surface area contributed by atoms with Gasteiger partial charge in [0, 0.05) is 5.69 Å². The second kappa shape index (κ2) is 6.53. The van der Waals surface area contributed by atoms with Gasteiger partial charge in [0.05, 0.1) is 23.3 Å². The lowest BCUT2D eigenvalue weighted by molar-refractivity contribution is 0.0600. The Morgan fingerprint density at radius 1 is 1.14 bits per heavy atom. The molecule has 7 heteroatoms. The van der Waals surface area contributed by atoms with Crippen LogP contribution < -0.4 is 5.32 Å². The third kappa shape index (κ3) is 3.40. The molecule has 0 aromatic heterocycles. The Balaban J connectivity index is 2.26. The van der Waals surface area contributed by atoms with E-state index in [1.54, 1.807) is 0 Å². The van der Waals surface area contributed by atoms with Gasteiger partial charge in [-0.15, -0.1) is 0 Å². The fourth-order valence-electron chi connectivity index (χ4n) is 1.74. The number of hydrogen-bond donors (Lipinski definition) is 1. The lowest BCUT2D eigenvalue weighted by Gasteiger charge is -2.08. The van der Waals surface area contributed by atoms with E-state index >= 15 is 0 Å². The average Bonchev–Trinajstić information content (AvgIpc) is 2.50. The number of carbonyl (C=O) groups excluding carboxylic acids is 2. The van der Waals surface area contributed by atoms with Crippen molar-refractivity contribution in [2.45, 2.75) is 0 Å². The first-order valence-electron chi connectivity index (χ1n) is 6.06. The maximum Gasteiger partial charge on any atom is 0.337 e. The summed E-state index contributed by atoms with van der Waals surface area (Å²) in [6.07, 6.45) is 0. The molecule has 0 unspecified atom stereocenters. The standard InChI is InChI=1S/C15H10ClF2NO3/c1-22-15(21)8-3-2-4-9(5-8)19-14(20)10-6-12(17)13(18)7-11(10)16/h2-7H,1H3,(H,19,20). The van der Waals surface area contributed by atoms with Crippen LogP contribution in [-0.2, 0) is 4.74 Å². The molecule has 22 heavy (non-hydrogen) atoms. The predicted molar refractivity (Wildman–Crippen MR) is 77.1 cm³/mol. The summed E-state index contributed by atoms with van der Waals surface area (Å²) in [5.41, 5.74) is 0.300. The molecule has 2 aromatic rings. The summed E-state index contributed by atoms with van der Waals surface area (Å²) < 4.78 is 30.8. The molecular formula is C15H10ClF2NO3. The van der Waals surface area contributed by atoms with Gasteiger partial charge in [-0.05, 0) is 30.3 Å². The summed E-state index contributed by atoms with van der Waals surface area (Å²) in [5.74, 6) is -3.63. The maximum atomic E-state index is 13.2. The monoisotopic (exact) mass is 325 g/mol. The summed E-state index contributed by atoms with van der Waals surface area (Å²) in [6.45, 7) is 0. The average molecular weight is 326 g/mol. The van der Waals surface area contributed by atoms with E-state index in [9.17, 15) is 18.4 Å². The van der Waals surface area contributed by atoms with Crippen LogP contribution in [0.2, 0.25) is 5.02 Å². The third-order valence-electron chi connectivity index (χ3n) is 2.80. The molecule has 0 saturated carbocycles. The summed E-state index contributed by atoms with van der Waals surface area (Å²) in [4.78, 5) is 23.5. The van der Waals surface area contributed by atoms with Crippen molar-refractivity contribution in [1.29, 1.82) is 0 Å². The minimum absolute atomic E-state index is 0.218. The van der Waals surface area contributed by atoms with E-state index in [4.69, 9.17) is 11.6 Å². The van der Waals surface area contributed by atoms with Gasteiger partial charge >= 0.3 is 5.97 Å². The highest BCUT2D eigenvalue weighted by Crippen LogP contribution is 2.21. The molecule has 1 N–H and O–H groups in total. The highest BCUT2D eigenvalue weighted by Gasteiger charge is 2.16. The Morgan fingerprint density at radius 3 is 2.50 bits per heavy atom. The Hall–Kier alpha value is -2.47. The number of anilines is 1. The van der Waals surface area contributed by atoms with Gasteiger partial charge in [0.1, 0.15) is 0 Å². The van der Waals surface area contributed by atoms with E-state index in [0.717, 1.165) is 6.07 Å². The van der Waals surface area contributed by atoms with Crippen molar-refractivity contribution in [2.24, 2.45) is 0 Å². The SMILES string of the molecule is COC(=O)c1cccc(NC(=O)c2cc(F)c(F)cc2Cl)c1. The van der Waals surface area contributed by atoms with Gasteiger partial charge in [-0.1, -0.05) is 17.7 Å². The number of esters is 1. The van der Waals surface area contributed by atoms with Gasteiger partial charge in [0.15, 0.2) is 11.6 Å². The van der Waals surface area contributed by atoms with Crippen LogP contribution >= 0.6 is 11.6 Å². The molecule has 1 amide bonds. The largest absolute Gasteiger partial charge is 0.465 e. The first kappa shape index (κ1) is 15.9. The second-order valence-electron chi connectivity index (χ2n) is 4.27. The van der Waals surface area contributed by atoms with Crippen molar-refractivity contribution in [1.82, 2.24) is 0 Å². The van der Waals surface area contributed by atoms with Crippen LogP contribution in [0.15, 0.2) is 36.4 Å². The first-order valence-corrected chi connectivity index (χ1v) is 6.44. The van der Waals surface area contributed by atoms with Gasteiger partial charge in [0.2, 0.25) is 0 Å². The number of halogens is 3. The van der Waals surface area contributed by atoms with E-state index < -0.39 is 23.5 Å². The molecule has 114 valence electrons. The number of methoxy groups -OCH3 is 1. The number of nitrogens with one attached hydrogen (secondary N) is 1. The number of amides is 1. The van der Waals surface area contributed by atoms with Gasteiger partial charge < -0.3 is 10.1 Å². The van der Waals surface area contributed by atoms with Crippen LogP contribution in [0.25, 0.3) is 0 Å². The highest BCUT2D eigenvalue weighted by atomic mass is 35.5. The molecule has 0 bridgehead atoms. The van der Waals surface area contributed by atoms with E-state index in [-0.39, 0.29) is 21.8 Å². The predicted octanol–water partition coefficient (Wildman–Crippen LogP) is 3.66. The molecule has 2 aromatic carbocycles. The molecule has 0 saturated heterocycles. The topological polar surface area (TPSA) is 55.4 Å². The summed E-state index contributed by atoms with van der Waals surface area (Å²) in [7, 11) is 1.23. The summed E-state index contributed by atoms with van der Waals surface area (Å²) in [5, 5.41) is 2.22. The lowest BCUT2D eigenvalue weighted by atomic mass is 10.1. The minimum atomic E-state index is -1.18. The van der Waals surface area contributed by atoms with Crippen molar-refractivity contribution in [3.8, 4) is 0 Å². The first-order chi connectivity index (χ1) is 10.4. The van der Waals surface area contributed by atoms with Crippen molar-refractivity contribution < 1.29 is 23.1 Å². The molecule has 0 heterocycles. The van der Waals surface area contributed by atoms with E-state index in [1.807, 2.05) is 0 Å². The summed E-state index contributed by atoms with van der Waals surface area (Å²) >= 11 is 5.73. The van der Waals surface area contributed by atoms with E-state index in [2.05, 4.69) is 10.1 Å². The van der Waals surface area contributed by atoms with Gasteiger partial charge in [0.25, 0.3) is 5.91 Å². The number of ether oxygens (including phenoxy) is 1. The molecule has 0 aliphatic rings. The zero-order valence-corrected chi connectivity index (χ0v) is 12.1. The van der Waals surface area contributed by atoms with Crippen molar-refractivity contribution >= 4 is 29.2 Å². The molecule has 4 nitrogen and oxygen atoms in total. The fraction of sp³-hybridized carbons (Fsp3) is 0.0667. The fourth-order valence-corrected chi connectivity index (χ4v) is 1.97. The molecule has 0 atom stereocenters. The molecule has 0 aliphatic heterocycles. The molecular weight excluding hydrogens is 316 g/mol. The maximum absolute atomic E-state index is 13.2. The Bertz CT molecular complexity index is 750. The van der Waals surface area contributed by atoms with Crippen LogP contribution in [0.1, 0.15) is 20.7 Å². The molecule has 2 rings (SSSR count). The quantitative estimate of drug-likeness (QED) is 0.692. The minimum Gasteiger partial charge on any atom is -0.465 e. The molecule has 0 aliphatic carbocycles. The number of rotatable bonds is 3. The van der Waals surface area contributed by atoms with Crippen LogP contribution in [0.4, 0.5) is 14.5 Å².